The summed E-state index contributed by atoms with van der Waals surface area (Å²) in [5.41, 5.74) is 1.21. The number of nitrogens with zero attached hydrogens (tertiary/aromatic N) is 3. The van der Waals surface area contributed by atoms with Gasteiger partial charge in [-0.15, -0.1) is 0 Å². The second-order valence-electron chi connectivity index (χ2n) is 3.39. The van der Waals surface area contributed by atoms with Gasteiger partial charge in [-0.05, 0) is 11.6 Å². The van der Waals surface area contributed by atoms with Gasteiger partial charge in [0.25, 0.3) is 0 Å². The first-order valence-corrected chi connectivity index (χ1v) is 4.83. The summed E-state index contributed by atoms with van der Waals surface area (Å²) >= 11 is 0. The highest BCUT2D eigenvalue weighted by Gasteiger charge is 2.17. The minimum atomic E-state index is 0.143. The lowest BCUT2D eigenvalue weighted by Crippen LogP contribution is -2.16. The molecule has 0 fully saturated rings. The fourth-order valence-electron chi connectivity index (χ4n) is 1.75. The molecule has 1 aromatic carbocycles. The van der Waals surface area contributed by atoms with Gasteiger partial charge in [0.2, 0.25) is 5.95 Å². The Bertz CT molecular complexity index is 486. The van der Waals surface area contributed by atoms with Crippen molar-refractivity contribution in [2.75, 3.05) is 5.32 Å². The number of hydrogen-bond acceptors (Lipinski definition) is 3. The highest BCUT2D eigenvalue weighted by Crippen LogP contribution is 2.24. The predicted molar refractivity (Wildman–Crippen MR) is 57.4 cm³/mol. The van der Waals surface area contributed by atoms with E-state index in [1.54, 1.807) is 6.33 Å². The summed E-state index contributed by atoms with van der Waals surface area (Å²) in [6, 6.07) is 10.4. The third-order valence-corrected chi connectivity index (χ3v) is 2.47. The fourth-order valence-corrected chi connectivity index (χ4v) is 1.75. The van der Waals surface area contributed by atoms with E-state index in [-0.39, 0.29) is 6.04 Å². The van der Waals surface area contributed by atoms with Crippen molar-refractivity contribution in [3.05, 3.63) is 54.5 Å². The zero-order chi connectivity index (χ0) is 10.1. The van der Waals surface area contributed by atoms with Gasteiger partial charge in [0.15, 0.2) is 0 Å². The van der Waals surface area contributed by atoms with Crippen LogP contribution in [0.3, 0.4) is 0 Å². The minimum absolute atomic E-state index is 0.143. The van der Waals surface area contributed by atoms with Crippen LogP contribution >= 0.6 is 0 Å². The molecule has 0 saturated carbocycles. The molecule has 74 valence electrons. The zero-order valence-electron chi connectivity index (χ0n) is 8.04. The Hall–Kier alpha value is -2.10. The number of benzene rings is 1. The van der Waals surface area contributed by atoms with Gasteiger partial charge in [-0.3, -0.25) is 0 Å². The average molecular weight is 198 g/mol. The number of nitrogens with one attached hydrogen (secondary N) is 1. The lowest BCUT2D eigenvalue weighted by Gasteiger charge is -2.19. The lowest BCUT2D eigenvalue weighted by molar-refractivity contribution is 0.609. The SMILES string of the molecule is C1=CC(c2ccccc2)n2ncnc2N1. The van der Waals surface area contributed by atoms with E-state index < -0.39 is 0 Å². The standard InChI is InChI=1S/C11H10N4/c1-2-4-9(5-3-1)10-6-7-12-11-13-8-14-15(10)11/h1-8,10H,(H,12,13,14). The van der Waals surface area contributed by atoms with Gasteiger partial charge < -0.3 is 5.32 Å². The first kappa shape index (κ1) is 8.23. The summed E-state index contributed by atoms with van der Waals surface area (Å²) < 4.78 is 1.87. The summed E-state index contributed by atoms with van der Waals surface area (Å²) in [6.45, 7) is 0. The Labute approximate surface area is 87.3 Å². The molecule has 2 heterocycles. The van der Waals surface area contributed by atoms with Crippen molar-refractivity contribution in [1.29, 1.82) is 0 Å². The summed E-state index contributed by atoms with van der Waals surface area (Å²) in [5.74, 6) is 0.784. The second-order valence-corrected chi connectivity index (χ2v) is 3.39. The van der Waals surface area contributed by atoms with Crippen LogP contribution in [0.1, 0.15) is 11.6 Å². The molecule has 4 heteroatoms. The first-order chi connectivity index (χ1) is 7.45. The van der Waals surface area contributed by atoms with Gasteiger partial charge in [0.05, 0.1) is 0 Å². The average Bonchev–Trinajstić information content (AvgIpc) is 2.78. The molecule has 0 radical (unpaired) electrons. The molecule has 0 bridgehead atoms. The molecule has 1 aliphatic heterocycles. The number of hydrogen-bond donors (Lipinski definition) is 1. The van der Waals surface area contributed by atoms with E-state index in [2.05, 4.69) is 33.6 Å². The molecule has 0 aliphatic carbocycles. The quantitative estimate of drug-likeness (QED) is 0.759. The predicted octanol–water partition coefficient (Wildman–Crippen LogP) is 1.81. The Morgan fingerprint density at radius 1 is 1.20 bits per heavy atom. The maximum Gasteiger partial charge on any atom is 0.226 e. The number of rotatable bonds is 1. The summed E-state index contributed by atoms with van der Waals surface area (Å²) in [4.78, 5) is 4.12. The van der Waals surface area contributed by atoms with Crippen LogP contribution in [-0.2, 0) is 0 Å². The van der Waals surface area contributed by atoms with Crippen molar-refractivity contribution in [2.45, 2.75) is 6.04 Å². The van der Waals surface area contributed by atoms with E-state index in [9.17, 15) is 0 Å². The van der Waals surface area contributed by atoms with Gasteiger partial charge in [-0.2, -0.15) is 10.1 Å². The van der Waals surface area contributed by atoms with E-state index in [1.807, 2.05) is 29.1 Å². The fraction of sp³-hybridized carbons (Fsp3) is 0.0909. The van der Waals surface area contributed by atoms with Crippen LogP contribution in [-0.4, -0.2) is 14.8 Å². The van der Waals surface area contributed by atoms with Crippen molar-refractivity contribution in [1.82, 2.24) is 14.8 Å². The normalized spacial score (nSPS) is 18.3. The van der Waals surface area contributed by atoms with Crippen molar-refractivity contribution in [3.8, 4) is 0 Å². The molecule has 1 unspecified atom stereocenters. The summed E-state index contributed by atoms with van der Waals surface area (Å²) in [5, 5.41) is 7.26. The number of anilines is 1. The number of allylic oxidation sites excluding steroid dienone is 1. The Balaban J connectivity index is 2.08. The summed E-state index contributed by atoms with van der Waals surface area (Å²) in [6.07, 6.45) is 5.53. The molecule has 1 atom stereocenters. The maximum atomic E-state index is 4.21. The molecule has 0 spiro atoms. The van der Waals surface area contributed by atoms with Crippen LogP contribution in [0.4, 0.5) is 5.95 Å². The lowest BCUT2D eigenvalue weighted by atomic mass is 10.1. The highest BCUT2D eigenvalue weighted by atomic mass is 15.4. The molecule has 4 nitrogen and oxygen atoms in total. The third kappa shape index (κ3) is 1.30. The van der Waals surface area contributed by atoms with Gasteiger partial charge in [-0.1, -0.05) is 30.3 Å². The Morgan fingerprint density at radius 2 is 2.07 bits per heavy atom. The van der Waals surface area contributed by atoms with E-state index >= 15 is 0 Å². The molecule has 15 heavy (non-hydrogen) atoms. The topological polar surface area (TPSA) is 42.7 Å². The van der Waals surface area contributed by atoms with Crippen LogP contribution in [0.15, 0.2) is 48.9 Å². The van der Waals surface area contributed by atoms with Crippen molar-refractivity contribution in [3.63, 3.8) is 0 Å². The largest absolute Gasteiger partial charge is 0.331 e. The minimum Gasteiger partial charge on any atom is -0.331 e. The maximum absolute atomic E-state index is 4.21. The highest BCUT2D eigenvalue weighted by molar-refractivity contribution is 5.37. The van der Waals surface area contributed by atoms with Gasteiger partial charge >= 0.3 is 0 Å². The molecule has 1 aliphatic rings. The zero-order valence-corrected chi connectivity index (χ0v) is 8.04. The van der Waals surface area contributed by atoms with E-state index in [1.165, 1.54) is 5.56 Å². The van der Waals surface area contributed by atoms with E-state index in [4.69, 9.17) is 0 Å². The third-order valence-electron chi connectivity index (χ3n) is 2.47. The van der Waals surface area contributed by atoms with Crippen LogP contribution in [0.5, 0.6) is 0 Å². The Kier molecular flexibility index (Phi) is 1.78. The van der Waals surface area contributed by atoms with E-state index in [0.717, 1.165) is 5.95 Å². The molecular formula is C11H10N4. The van der Waals surface area contributed by atoms with Crippen LogP contribution in [0.25, 0.3) is 0 Å². The van der Waals surface area contributed by atoms with Crippen molar-refractivity contribution >= 4 is 5.95 Å². The smallest absolute Gasteiger partial charge is 0.226 e. The molecule has 0 saturated heterocycles. The monoisotopic (exact) mass is 198 g/mol. The van der Waals surface area contributed by atoms with Crippen molar-refractivity contribution < 1.29 is 0 Å². The van der Waals surface area contributed by atoms with Gasteiger partial charge in [0, 0.05) is 6.20 Å². The van der Waals surface area contributed by atoms with Gasteiger partial charge in [-0.25, -0.2) is 4.68 Å². The molecule has 3 rings (SSSR count). The van der Waals surface area contributed by atoms with Crippen LogP contribution in [0.2, 0.25) is 0 Å². The number of aromatic nitrogens is 3. The molecule has 2 aromatic rings. The van der Waals surface area contributed by atoms with Gasteiger partial charge in [0.1, 0.15) is 12.4 Å². The molecule has 1 aromatic heterocycles. The Morgan fingerprint density at radius 3 is 2.93 bits per heavy atom. The summed E-state index contributed by atoms with van der Waals surface area (Å²) in [7, 11) is 0. The van der Waals surface area contributed by atoms with Crippen LogP contribution in [0, 0.1) is 0 Å². The van der Waals surface area contributed by atoms with E-state index in [0.29, 0.717) is 0 Å². The first-order valence-electron chi connectivity index (χ1n) is 4.83. The molecule has 0 amide bonds. The number of fused-ring (bicyclic) bond motifs is 1. The molecular weight excluding hydrogens is 188 g/mol. The van der Waals surface area contributed by atoms with Crippen LogP contribution < -0.4 is 5.32 Å². The second kappa shape index (κ2) is 3.24. The molecule has 1 N–H and O–H groups in total. The van der Waals surface area contributed by atoms with Crippen molar-refractivity contribution in [2.24, 2.45) is 0 Å².